The quantitative estimate of drug-likeness (QED) is 0.192. The van der Waals surface area contributed by atoms with Crippen LogP contribution in [0, 0.1) is 0 Å². The van der Waals surface area contributed by atoms with Gasteiger partial charge in [-0.05, 0) is 0 Å². The molecule has 4 aromatic rings. The van der Waals surface area contributed by atoms with E-state index in [9.17, 15) is 0 Å². The molecule has 2 atom stereocenters. The van der Waals surface area contributed by atoms with E-state index < -0.39 is 26.8 Å². The molecule has 2 aliphatic rings. The molecule has 0 saturated heterocycles. The van der Waals surface area contributed by atoms with Crippen LogP contribution < -0.4 is 0 Å². The summed E-state index contributed by atoms with van der Waals surface area (Å²) in [7, 11) is 0. The Bertz CT molecular complexity index is 1380. The molecule has 2 unspecified atom stereocenters. The Balaban J connectivity index is 0.00000168. The number of halogens is 2. The largest absolute Gasteiger partial charge is 0.147 e. The smallest absolute Gasteiger partial charge is 0.147 e. The van der Waals surface area contributed by atoms with Crippen LogP contribution in [0.4, 0.5) is 0 Å². The molecule has 0 saturated carbocycles. The monoisotopic (exact) mass is 631 g/mol. The van der Waals surface area contributed by atoms with Crippen LogP contribution in [0.15, 0.2) is 108 Å². The Morgan fingerprint density at radius 1 is 0.526 bits per heavy atom. The summed E-state index contributed by atoms with van der Waals surface area (Å²) in [5.41, 5.74) is 14.9. The SMILES string of the molecule is CC1=Cc2c(-c3ccccc3)cccc2[CH]1[Zr]([CH]1C(C)=Cc2c(-c3ccccc3)cccc21)[SiH](C)C.Cl.Cl. The van der Waals surface area contributed by atoms with Gasteiger partial charge in [0.25, 0.3) is 0 Å². The van der Waals surface area contributed by atoms with Crippen LogP contribution in [-0.4, -0.2) is 5.92 Å². The predicted octanol–water partition coefficient (Wildman–Crippen LogP) is 10.1. The van der Waals surface area contributed by atoms with E-state index in [1.165, 1.54) is 33.4 Å². The minimum absolute atomic E-state index is 0. The van der Waals surface area contributed by atoms with Crippen molar-refractivity contribution in [2.45, 2.75) is 34.2 Å². The first kappa shape index (κ1) is 29.0. The molecule has 0 radical (unpaired) electrons. The van der Waals surface area contributed by atoms with Crippen molar-refractivity contribution in [1.82, 2.24) is 0 Å². The second-order valence-corrected chi connectivity index (χ2v) is 30.7. The van der Waals surface area contributed by atoms with Gasteiger partial charge in [-0.1, -0.05) is 0 Å². The molecular formula is C34H35Cl2SiZr. The van der Waals surface area contributed by atoms with E-state index in [4.69, 9.17) is 0 Å². The van der Waals surface area contributed by atoms with Crippen LogP contribution in [0.2, 0.25) is 13.1 Å². The Kier molecular flexibility index (Phi) is 9.21. The minimum Gasteiger partial charge on any atom is -0.147 e. The summed E-state index contributed by atoms with van der Waals surface area (Å²) in [6, 6.07) is 36.1. The van der Waals surface area contributed by atoms with Crippen LogP contribution in [0.25, 0.3) is 34.4 Å². The van der Waals surface area contributed by atoms with Gasteiger partial charge in [0.15, 0.2) is 0 Å². The molecule has 0 aromatic heterocycles. The fraction of sp³-hybridized carbons (Fsp3) is 0.176. The van der Waals surface area contributed by atoms with Crippen molar-refractivity contribution in [3.63, 3.8) is 0 Å². The van der Waals surface area contributed by atoms with Crippen molar-refractivity contribution in [1.29, 1.82) is 0 Å². The van der Waals surface area contributed by atoms with Crippen molar-refractivity contribution in [3.05, 3.63) is 130 Å². The summed E-state index contributed by atoms with van der Waals surface area (Å²) < 4.78 is 1.36. The summed E-state index contributed by atoms with van der Waals surface area (Å²) in [6.07, 6.45) is 5.07. The maximum absolute atomic E-state index is 2.65. The van der Waals surface area contributed by atoms with Gasteiger partial charge in [-0.25, -0.2) is 0 Å². The number of benzene rings is 4. The van der Waals surface area contributed by atoms with Gasteiger partial charge in [-0.3, -0.25) is 0 Å². The molecule has 0 fully saturated rings. The molecule has 0 N–H and O–H groups in total. The topological polar surface area (TPSA) is 0 Å². The van der Waals surface area contributed by atoms with Gasteiger partial charge in [0.05, 0.1) is 0 Å². The number of hydrogen-bond donors (Lipinski definition) is 0. The third-order valence-electron chi connectivity index (χ3n) is 8.06. The molecule has 0 nitrogen and oxygen atoms in total. The molecule has 0 heterocycles. The van der Waals surface area contributed by atoms with E-state index in [0.29, 0.717) is 7.25 Å². The van der Waals surface area contributed by atoms with Gasteiger partial charge in [0.1, 0.15) is 0 Å². The van der Waals surface area contributed by atoms with Crippen molar-refractivity contribution >= 4 is 42.9 Å². The van der Waals surface area contributed by atoms with Gasteiger partial charge in [-0.15, -0.1) is 24.8 Å². The number of fused-ring (bicyclic) bond motifs is 2. The zero-order valence-electron chi connectivity index (χ0n) is 22.4. The van der Waals surface area contributed by atoms with Crippen molar-refractivity contribution < 1.29 is 20.9 Å². The van der Waals surface area contributed by atoms with Gasteiger partial charge < -0.3 is 0 Å². The number of allylic oxidation sites excluding steroid dienone is 2. The van der Waals surface area contributed by atoms with Crippen LogP contribution in [0.3, 0.4) is 0 Å². The molecule has 193 valence electrons. The summed E-state index contributed by atoms with van der Waals surface area (Å²) in [5.74, 6) is -0.850. The molecule has 2 aliphatic carbocycles. The fourth-order valence-electron chi connectivity index (χ4n) is 6.56. The summed E-state index contributed by atoms with van der Waals surface area (Å²) in [4.78, 5) is 0. The predicted molar refractivity (Wildman–Crippen MR) is 170 cm³/mol. The zero-order chi connectivity index (χ0) is 24.8. The van der Waals surface area contributed by atoms with Crippen LogP contribution in [0.1, 0.15) is 43.4 Å². The summed E-state index contributed by atoms with van der Waals surface area (Å²) in [6.45, 7) is 10.1. The molecule has 38 heavy (non-hydrogen) atoms. The molecule has 0 amide bonds. The number of hydrogen-bond acceptors (Lipinski definition) is 0. The van der Waals surface area contributed by atoms with Gasteiger partial charge >= 0.3 is 226 Å². The van der Waals surface area contributed by atoms with Gasteiger partial charge in [0, 0.05) is 0 Å². The standard InChI is InChI=1S/2C16H13.C2H7Si.2ClH.Zr/c2*1-12-10-14-8-5-9-15(16(14)11-12)13-6-3-2-4-7-13;1-3-2;;;/h2*2-11H,1H3;3H,1-2H3;2*1H;. The Morgan fingerprint density at radius 2 is 0.921 bits per heavy atom. The van der Waals surface area contributed by atoms with E-state index in [0.717, 1.165) is 0 Å². The van der Waals surface area contributed by atoms with Gasteiger partial charge in [-0.2, -0.15) is 0 Å². The second kappa shape index (κ2) is 12.1. The van der Waals surface area contributed by atoms with Crippen molar-refractivity contribution in [3.8, 4) is 22.3 Å². The van der Waals surface area contributed by atoms with Crippen LogP contribution in [0.5, 0.6) is 0 Å². The second-order valence-electron chi connectivity index (χ2n) is 10.6. The Labute approximate surface area is 249 Å². The summed E-state index contributed by atoms with van der Waals surface area (Å²) >= 11 is -2.00. The molecule has 4 heteroatoms. The third kappa shape index (κ3) is 5.02. The molecule has 0 aliphatic heterocycles. The molecule has 6 rings (SSSR count). The van der Waals surface area contributed by atoms with E-state index in [-0.39, 0.29) is 24.8 Å². The first-order valence-corrected chi connectivity index (χ1v) is 23.1. The van der Waals surface area contributed by atoms with Crippen LogP contribution in [-0.2, 0) is 20.9 Å². The van der Waals surface area contributed by atoms with E-state index >= 15 is 0 Å². The summed E-state index contributed by atoms with van der Waals surface area (Å²) in [5, 5.41) is 0. The van der Waals surface area contributed by atoms with E-state index in [1.54, 1.807) is 22.3 Å². The molecule has 0 spiro atoms. The Morgan fingerprint density at radius 3 is 1.29 bits per heavy atom. The van der Waals surface area contributed by atoms with Crippen molar-refractivity contribution in [2.24, 2.45) is 0 Å². The zero-order valence-corrected chi connectivity index (χ0v) is 27.7. The molecule has 0 bridgehead atoms. The molecule has 4 aromatic carbocycles. The average molecular weight is 634 g/mol. The van der Waals surface area contributed by atoms with E-state index in [1.807, 2.05) is 0 Å². The van der Waals surface area contributed by atoms with E-state index in [2.05, 4.69) is 136 Å². The minimum atomic E-state index is -2.00. The Hall–Kier alpha value is -1.96. The first-order valence-electron chi connectivity index (χ1n) is 13.1. The van der Waals surface area contributed by atoms with Gasteiger partial charge in [0.2, 0.25) is 0 Å². The first-order chi connectivity index (χ1) is 17.5. The third-order valence-corrected chi connectivity index (χ3v) is 30.2. The van der Waals surface area contributed by atoms with Crippen LogP contribution >= 0.6 is 24.8 Å². The average Bonchev–Trinajstić information content (AvgIpc) is 3.41. The molecular weight excluding hydrogens is 599 g/mol. The maximum atomic E-state index is 2.65. The normalized spacial score (nSPS) is 17.1. The van der Waals surface area contributed by atoms with Crippen molar-refractivity contribution in [2.75, 3.05) is 0 Å². The number of rotatable bonds is 5. The fourth-order valence-corrected chi connectivity index (χ4v) is 29.8. The maximum Gasteiger partial charge on any atom is -0.147 e.